The van der Waals surface area contributed by atoms with Crippen molar-refractivity contribution in [1.29, 1.82) is 5.26 Å². The predicted octanol–water partition coefficient (Wildman–Crippen LogP) is 6.42. The van der Waals surface area contributed by atoms with E-state index in [1.54, 1.807) is 12.1 Å². The van der Waals surface area contributed by atoms with Crippen molar-refractivity contribution in [1.82, 2.24) is 0 Å². The average Bonchev–Trinajstić information content (AvgIpc) is 3.27. The van der Waals surface area contributed by atoms with Gasteiger partial charge in [-0.3, -0.25) is 9.59 Å². The highest BCUT2D eigenvalue weighted by Gasteiger charge is 2.70. The van der Waals surface area contributed by atoms with Crippen LogP contribution in [0.3, 0.4) is 0 Å². The molecule has 2 aliphatic rings. The summed E-state index contributed by atoms with van der Waals surface area (Å²) in [5, 5.41) is 18.4. The number of nitriles is 1. The molecule has 0 N–H and O–H groups in total. The van der Waals surface area contributed by atoms with Crippen molar-refractivity contribution in [3.63, 3.8) is 0 Å². The molecule has 0 saturated carbocycles. The second kappa shape index (κ2) is 8.82. The standard InChI is InChI=1S/C26H15Cl2F3N4O3/c1-24-21(22(36)35(23(24)37)19-11-17(27)10-18(28)12-19)25(34-33-24,15-4-2-14(13-32)3-5-15)16-6-8-20(9-7-16)38-26(29,30)31/h2-12,21H,1H3. The van der Waals surface area contributed by atoms with Gasteiger partial charge in [-0.2, -0.15) is 15.5 Å². The number of rotatable bonds is 4. The van der Waals surface area contributed by atoms with E-state index in [0.29, 0.717) is 16.7 Å². The Hall–Kier alpha value is -3.94. The smallest absolute Gasteiger partial charge is 0.406 e. The van der Waals surface area contributed by atoms with Crippen LogP contribution in [0.2, 0.25) is 10.0 Å². The lowest BCUT2D eigenvalue weighted by atomic mass is 9.68. The van der Waals surface area contributed by atoms with Crippen LogP contribution in [0.4, 0.5) is 18.9 Å². The molecule has 5 rings (SSSR count). The van der Waals surface area contributed by atoms with Gasteiger partial charge >= 0.3 is 6.36 Å². The lowest BCUT2D eigenvalue weighted by molar-refractivity contribution is -0.274. The molecule has 3 aromatic carbocycles. The number of imide groups is 1. The highest BCUT2D eigenvalue weighted by atomic mass is 35.5. The summed E-state index contributed by atoms with van der Waals surface area (Å²) in [5.74, 6) is -3.01. The zero-order valence-corrected chi connectivity index (χ0v) is 20.8. The van der Waals surface area contributed by atoms with E-state index in [1.807, 2.05) is 6.07 Å². The van der Waals surface area contributed by atoms with Crippen molar-refractivity contribution in [3.8, 4) is 11.8 Å². The number of hydrogen-bond acceptors (Lipinski definition) is 6. The summed E-state index contributed by atoms with van der Waals surface area (Å²) in [4.78, 5) is 28.7. The van der Waals surface area contributed by atoms with Gasteiger partial charge in [0.15, 0.2) is 5.54 Å². The predicted molar refractivity (Wildman–Crippen MR) is 131 cm³/mol. The Kier molecular flexibility index (Phi) is 5.97. The number of carbonyl (C=O) groups excluding carboxylic acids is 2. The molecule has 0 bridgehead atoms. The van der Waals surface area contributed by atoms with Gasteiger partial charge in [0.2, 0.25) is 5.91 Å². The van der Waals surface area contributed by atoms with E-state index in [2.05, 4.69) is 15.0 Å². The second-order valence-corrected chi connectivity index (χ2v) is 9.79. The summed E-state index contributed by atoms with van der Waals surface area (Å²) in [6.07, 6.45) is -4.90. The van der Waals surface area contributed by atoms with Crippen LogP contribution in [0, 0.1) is 17.2 Å². The first-order valence-corrected chi connectivity index (χ1v) is 11.8. The largest absolute Gasteiger partial charge is 0.573 e. The van der Waals surface area contributed by atoms with Gasteiger partial charge in [0.25, 0.3) is 5.91 Å². The van der Waals surface area contributed by atoms with Gasteiger partial charge in [-0.15, -0.1) is 13.2 Å². The van der Waals surface area contributed by atoms with Crippen LogP contribution in [-0.2, 0) is 15.1 Å². The molecule has 0 aliphatic carbocycles. The lowest BCUT2D eigenvalue weighted by Crippen LogP contribution is -2.44. The molecule has 1 saturated heterocycles. The number of ether oxygens (including phenoxy) is 1. The van der Waals surface area contributed by atoms with Crippen molar-refractivity contribution in [2.75, 3.05) is 4.90 Å². The number of halogens is 5. The topological polar surface area (TPSA) is 95.1 Å². The van der Waals surface area contributed by atoms with Crippen LogP contribution in [0.1, 0.15) is 23.6 Å². The molecule has 3 atom stereocenters. The van der Waals surface area contributed by atoms with Crippen molar-refractivity contribution in [3.05, 3.63) is 93.5 Å². The Morgan fingerprint density at radius 1 is 0.947 bits per heavy atom. The maximum Gasteiger partial charge on any atom is 0.573 e. The average molecular weight is 559 g/mol. The van der Waals surface area contributed by atoms with Crippen LogP contribution in [0.25, 0.3) is 0 Å². The van der Waals surface area contributed by atoms with Crippen molar-refractivity contribution < 1.29 is 27.5 Å². The summed E-state index contributed by atoms with van der Waals surface area (Å²) in [7, 11) is 0. The number of alkyl halides is 3. The van der Waals surface area contributed by atoms with Gasteiger partial charge in [-0.1, -0.05) is 47.5 Å². The van der Waals surface area contributed by atoms with Gasteiger partial charge in [-0.25, -0.2) is 4.90 Å². The summed E-state index contributed by atoms with van der Waals surface area (Å²) < 4.78 is 42.2. The third kappa shape index (κ3) is 3.99. The first-order valence-electron chi connectivity index (χ1n) is 11.0. The molecule has 0 aromatic heterocycles. The molecule has 2 aliphatic heterocycles. The zero-order chi connectivity index (χ0) is 27.5. The minimum atomic E-state index is -4.90. The van der Waals surface area contributed by atoms with E-state index in [9.17, 15) is 28.0 Å². The molecule has 3 aromatic rings. The summed E-state index contributed by atoms with van der Waals surface area (Å²) in [6.45, 7) is 1.47. The van der Waals surface area contributed by atoms with E-state index < -0.39 is 40.9 Å². The van der Waals surface area contributed by atoms with E-state index in [0.717, 1.165) is 17.0 Å². The third-order valence-corrected chi connectivity index (χ3v) is 7.02. The van der Waals surface area contributed by atoms with Gasteiger partial charge < -0.3 is 4.74 Å². The minimum Gasteiger partial charge on any atom is -0.406 e. The maximum atomic E-state index is 14.0. The van der Waals surface area contributed by atoms with E-state index in [4.69, 9.17) is 23.2 Å². The molecule has 0 radical (unpaired) electrons. The second-order valence-electron chi connectivity index (χ2n) is 8.91. The van der Waals surface area contributed by atoms with Crippen LogP contribution < -0.4 is 9.64 Å². The molecule has 192 valence electrons. The number of fused-ring (bicyclic) bond motifs is 1. The highest BCUT2D eigenvalue weighted by Crippen LogP contribution is 2.56. The Labute approximate surface area is 224 Å². The van der Waals surface area contributed by atoms with Crippen LogP contribution in [0.15, 0.2) is 77.0 Å². The molecule has 0 spiro atoms. The zero-order valence-electron chi connectivity index (χ0n) is 19.3. The molecule has 1 fully saturated rings. The van der Waals surface area contributed by atoms with Gasteiger partial charge in [0, 0.05) is 10.0 Å². The summed E-state index contributed by atoms with van der Waals surface area (Å²) >= 11 is 12.2. The first-order chi connectivity index (χ1) is 17.9. The fourth-order valence-corrected chi connectivity index (χ4v) is 5.50. The molecule has 7 nitrogen and oxygen atoms in total. The van der Waals surface area contributed by atoms with Gasteiger partial charge in [-0.05, 0) is 60.5 Å². The number of amides is 2. The number of anilines is 1. The molecule has 12 heteroatoms. The van der Waals surface area contributed by atoms with Gasteiger partial charge in [0.1, 0.15) is 17.2 Å². The van der Waals surface area contributed by atoms with E-state index >= 15 is 0 Å². The number of benzene rings is 3. The third-order valence-electron chi connectivity index (χ3n) is 6.59. The number of azo groups is 1. The van der Waals surface area contributed by atoms with Gasteiger partial charge in [0.05, 0.1) is 17.3 Å². The first kappa shape index (κ1) is 25.7. The fourth-order valence-electron chi connectivity index (χ4n) is 4.98. The Morgan fingerprint density at radius 3 is 2.03 bits per heavy atom. The fraction of sp³-hybridized carbons (Fsp3) is 0.192. The van der Waals surface area contributed by atoms with Crippen LogP contribution in [-0.4, -0.2) is 23.7 Å². The minimum absolute atomic E-state index is 0.144. The lowest BCUT2D eigenvalue weighted by Gasteiger charge is -2.33. The monoisotopic (exact) mass is 558 g/mol. The quantitative estimate of drug-likeness (QED) is 0.345. The van der Waals surface area contributed by atoms with E-state index in [-0.39, 0.29) is 15.7 Å². The number of carbonyl (C=O) groups is 2. The van der Waals surface area contributed by atoms with Crippen LogP contribution in [0.5, 0.6) is 5.75 Å². The normalized spacial score (nSPS) is 24.4. The van der Waals surface area contributed by atoms with Crippen molar-refractivity contribution in [2.45, 2.75) is 24.4 Å². The Balaban J connectivity index is 1.69. The summed E-state index contributed by atoms with van der Waals surface area (Å²) in [5.41, 5.74) is -2.08. The van der Waals surface area contributed by atoms with Crippen LogP contribution >= 0.6 is 23.2 Å². The molecule has 2 amide bonds. The van der Waals surface area contributed by atoms with Crippen molar-refractivity contribution >= 4 is 40.7 Å². The molecule has 3 unspecified atom stereocenters. The van der Waals surface area contributed by atoms with E-state index in [1.165, 1.54) is 49.4 Å². The molecular weight excluding hydrogens is 544 g/mol. The number of hydrogen-bond donors (Lipinski definition) is 0. The SMILES string of the molecule is CC12N=NC(c3ccc(C#N)cc3)(c3ccc(OC(F)(F)F)cc3)C1C(=O)N(c1cc(Cl)cc(Cl)c1)C2=O. The van der Waals surface area contributed by atoms with Crippen molar-refractivity contribution in [2.24, 2.45) is 16.1 Å². The molecule has 2 heterocycles. The Morgan fingerprint density at radius 2 is 1.50 bits per heavy atom. The number of nitrogens with zero attached hydrogens (tertiary/aromatic N) is 4. The maximum absolute atomic E-state index is 14.0. The molecular formula is C26H15Cl2F3N4O3. The Bertz CT molecular complexity index is 1520. The molecule has 38 heavy (non-hydrogen) atoms. The highest BCUT2D eigenvalue weighted by molar-refractivity contribution is 6.36. The summed E-state index contributed by atoms with van der Waals surface area (Å²) in [6, 6.07) is 17.3.